The first-order valence-electron chi connectivity index (χ1n) is 5.58. The molecule has 1 aliphatic rings. The molecule has 1 aromatic carbocycles. The van der Waals surface area contributed by atoms with E-state index >= 15 is 0 Å². The zero-order valence-corrected chi connectivity index (χ0v) is 10.6. The van der Waals surface area contributed by atoms with Gasteiger partial charge in [0.25, 0.3) is 0 Å². The lowest BCUT2D eigenvalue weighted by Gasteiger charge is -2.33. The topological polar surface area (TPSA) is 15.3 Å². The number of nitrogens with one attached hydrogen (secondary N) is 1. The largest absolute Gasteiger partial charge is 0.314 e. The quantitative estimate of drug-likeness (QED) is 0.880. The van der Waals surface area contributed by atoms with Crippen molar-refractivity contribution in [2.75, 3.05) is 26.2 Å². The van der Waals surface area contributed by atoms with Crippen LogP contribution in [-0.2, 0) is 0 Å². The standard InChI is InChI=1S/C12H16F2N2.ClH/c1-9(16-6-4-15-5-7-16)11-8-10(13)2-3-12(11)14;/h2-3,8-9,15H,4-7H2,1H3;1H/t9-;/m0./s1. The van der Waals surface area contributed by atoms with Gasteiger partial charge in [0.15, 0.2) is 0 Å². The molecule has 5 heteroatoms. The molecule has 0 spiro atoms. The SMILES string of the molecule is C[C@@H](c1cc(F)ccc1F)N1CCNCC1.Cl. The Balaban J connectivity index is 0.00000144. The normalized spacial score (nSPS) is 18.5. The molecule has 1 aliphatic heterocycles. The van der Waals surface area contributed by atoms with Crippen LogP contribution in [0.5, 0.6) is 0 Å². The van der Waals surface area contributed by atoms with E-state index in [0.29, 0.717) is 5.56 Å². The van der Waals surface area contributed by atoms with E-state index in [1.807, 2.05) is 6.92 Å². The van der Waals surface area contributed by atoms with Crippen molar-refractivity contribution in [3.63, 3.8) is 0 Å². The van der Waals surface area contributed by atoms with Crippen LogP contribution in [0.4, 0.5) is 8.78 Å². The van der Waals surface area contributed by atoms with Crippen LogP contribution in [0.3, 0.4) is 0 Å². The van der Waals surface area contributed by atoms with Gasteiger partial charge in [0.2, 0.25) is 0 Å². The third-order valence-electron chi connectivity index (χ3n) is 3.11. The predicted molar refractivity (Wildman–Crippen MR) is 66.5 cm³/mol. The van der Waals surface area contributed by atoms with Crippen LogP contribution >= 0.6 is 12.4 Å². The van der Waals surface area contributed by atoms with Gasteiger partial charge in [-0.05, 0) is 25.1 Å². The fourth-order valence-corrected chi connectivity index (χ4v) is 2.10. The van der Waals surface area contributed by atoms with Gasteiger partial charge in [-0.3, -0.25) is 4.90 Å². The van der Waals surface area contributed by atoms with Gasteiger partial charge in [0.1, 0.15) is 11.6 Å². The zero-order chi connectivity index (χ0) is 11.5. The molecule has 1 heterocycles. The first-order valence-corrected chi connectivity index (χ1v) is 5.58. The van der Waals surface area contributed by atoms with E-state index in [4.69, 9.17) is 0 Å². The molecule has 1 atom stereocenters. The molecule has 0 aromatic heterocycles. The molecule has 96 valence electrons. The third kappa shape index (κ3) is 3.37. The molecule has 0 unspecified atom stereocenters. The summed E-state index contributed by atoms with van der Waals surface area (Å²) in [6, 6.07) is 3.58. The van der Waals surface area contributed by atoms with Gasteiger partial charge >= 0.3 is 0 Å². The summed E-state index contributed by atoms with van der Waals surface area (Å²) < 4.78 is 26.6. The summed E-state index contributed by atoms with van der Waals surface area (Å²) in [6.45, 7) is 5.47. The molecule has 2 nitrogen and oxygen atoms in total. The molecule has 0 radical (unpaired) electrons. The molecule has 2 rings (SSSR count). The van der Waals surface area contributed by atoms with Crippen molar-refractivity contribution < 1.29 is 8.78 Å². The van der Waals surface area contributed by atoms with Crippen molar-refractivity contribution in [1.82, 2.24) is 10.2 Å². The highest BCUT2D eigenvalue weighted by Crippen LogP contribution is 2.23. The summed E-state index contributed by atoms with van der Waals surface area (Å²) in [5, 5.41) is 3.24. The molecule has 17 heavy (non-hydrogen) atoms. The fraction of sp³-hybridized carbons (Fsp3) is 0.500. The van der Waals surface area contributed by atoms with Crippen molar-refractivity contribution in [1.29, 1.82) is 0 Å². The number of hydrogen-bond donors (Lipinski definition) is 1. The van der Waals surface area contributed by atoms with Gasteiger partial charge in [0.05, 0.1) is 0 Å². The molecule has 0 bridgehead atoms. The van der Waals surface area contributed by atoms with Crippen LogP contribution in [0.25, 0.3) is 0 Å². The number of piperazine rings is 1. The van der Waals surface area contributed by atoms with Crippen molar-refractivity contribution >= 4 is 12.4 Å². The maximum atomic E-state index is 13.6. The van der Waals surface area contributed by atoms with Crippen LogP contribution in [0.2, 0.25) is 0 Å². The second-order valence-corrected chi connectivity index (χ2v) is 4.13. The van der Waals surface area contributed by atoms with E-state index in [-0.39, 0.29) is 30.1 Å². The molecule has 0 aliphatic carbocycles. The Morgan fingerprint density at radius 3 is 2.53 bits per heavy atom. The van der Waals surface area contributed by atoms with Gasteiger partial charge in [-0.1, -0.05) is 0 Å². The summed E-state index contributed by atoms with van der Waals surface area (Å²) in [7, 11) is 0. The minimum atomic E-state index is -0.376. The number of benzene rings is 1. The Morgan fingerprint density at radius 1 is 1.24 bits per heavy atom. The molecule has 1 N–H and O–H groups in total. The highest BCUT2D eigenvalue weighted by Gasteiger charge is 2.20. The van der Waals surface area contributed by atoms with Gasteiger partial charge < -0.3 is 5.32 Å². The highest BCUT2D eigenvalue weighted by atomic mass is 35.5. The van der Waals surface area contributed by atoms with Crippen LogP contribution < -0.4 is 5.32 Å². The Bertz CT molecular complexity index is 368. The Hall–Kier alpha value is -0.710. The highest BCUT2D eigenvalue weighted by molar-refractivity contribution is 5.85. The van der Waals surface area contributed by atoms with Gasteiger partial charge in [-0.25, -0.2) is 8.78 Å². The average Bonchev–Trinajstić information content (AvgIpc) is 2.32. The number of nitrogens with zero attached hydrogens (tertiary/aromatic N) is 1. The number of rotatable bonds is 2. The van der Waals surface area contributed by atoms with Gasteiger partial charge in [-0.2, -0.15) is 0 Å². The van der Waals surface area contributed by atoms with Crippen LogP contribution in [0.15, 0.2) is 18.2 Å². The predicted octanol–water partition coefficient (Wildman–Crippen LogP) is 2.35. The van der Waals surface area contributed by atoms with Crippen molar-refractivity contribution in [3.8, 4) is 0 Å². The third-order valence-corrected chi connectivity index (χ3v) is 3.11. The summed E-state index contributed by atoms with van der Waals surface area (Å²) in [5.41, 5.74) is 0.446. The molecule has 0 amide bonds. The van der Waals surface area contributed by atoms with Crippen molar-refractivity contribution in [2.24, 2.45) is 0 Å². The van der Waals surface area contributed by atoms with Gasteiger partial charge in [0, 0.05) is 37.8 Å². The molecular formula is C12H17ClF2N2. The molecular weight excluding hydrogens is 246 g/mol. The van der Waals surface area contributed by atoms with E-state index in [2.05, 4.69) is 10.2 Å². The second-order valence-electron chi connectivity index (χ2n) is 4.13. The molecule has 0 saturated carbocycles. The van der Waals surface area contributed by atoms with Crippen molar-refractivity contribution in [2.45, 2.75) is 13.0 Å². The fourth-order valence-electron chi connectivity index (χ4n) is 2.10. The maximum Gasteiger partial charge on any atom is 0.128 e. The van der Waals surface area contributed by atoms with Crippen LogP contribution in [0, 0.1) is 11.6 Å². The number of halogens is 3. The summed E-state index contributed by atoms with van der Waals surface area (Å²) in [6.07, 6.45) is 0. The van der Waals surface area contributed by atoms with Gasteiger partial charge in [-0.15, -0.1) is 12.4 Å². The van der Waals surface area contributed by atoms with Crippen molar-refractivity contribution in [3.05, 3.63) is 35.4 Å². The van der Waals surface area contributed by atoms with Crippen LogP contribution in [0.1, 0.15) is 18.5 Å². The smallest absolute Gasteiger partial charge is 0.128 e. The first kappa shape index (κ1) is 14.4. The number of hydrogen-bond acceptors (Lipinski definition) is 2. The first-order chi connectivity index (χ1) is 7.68. The van der Waals surface area contributed by atoms with E-state index in [1.165, 1.54) is 12.1 Å². The molecule has 1 saturated heterocycles. The van der Waals surface area contributed by atoms with E-state index in [0.717, 1.165) is 32.2 Å². The minimum Gasteiger partial charge on any atom is -0.314 e. The molecule has 1 aromatic rings. The lowest BCUT2D eigenvalue weighted by molar-refractivity contribution is 0.182. The Morgan fingerprint density at radius 2 is 1.88 bits per heavy atom. The van der Waals surface area contributed by atoms with E-state index < -0.39 is 0 Å². The lowest BCUT2D eigenvalue weighted by Crippen LogP contribution is -2.44. The maximum absolute atomic E-state index is 13.6. The average molecular weight is 263 g/mol. The second kappa shape index (κ2) is 6.28. The summed E-state index contributed by atoms with van der Waals surface area (Å²) >= 11 is 0. The monoisotopic (exact) mass is 262 g/mol. The zero-order valence-electron chi connectivity index (χ0n) is 9.75. The lowest BCUT2D eigenvalue weighted by atomic mass is 10.1. The molecule has 1 fully saturated rings. The van der Waals surface area contributed by atoms with E-state index in [1.54, 1.807) is 0 Å². The van der Waals surface area contributed by atoms with Crippen LogP contribution in [-0.4, -0.2) is 31.1 Å². The Labute approximate surface area is 106 Å². The Kier molecular flexibility index (Phi) is 5.31. The minimum absolute atomic E-state index is 0. The summed E-state index contributed by atoms with van der Waals surface area (Å²) in [4.78, 5) is 2.16. The van der Waals surface area contributed by atoms with E-state index in [9.17, 15) is 8.78 Å². The summed E-state index contributed by atoms with van der Waals surface area (Å²) in [5.74, 6) is -0.703.